The van der Waals surface area contributed by atoms with E-state index in [-0.39, 0.29) is 35.9 Å². The van der Waals surface area contributed by atoms with Crippen molar-refractivity contribution in [1.29, 1.82) is 0 Å². The van der Waals surface area contributed by atoms with Gasteiger partial charge in [-0.05, 0) is 37.5 Å². The van der Waals surface area contributed by atoms with E-state index in [1.54, 1.807) is 10.7 Å². The van der Waals surface area contributed by atoms with Crippen molar-refractivity contribution in [3.63, 3.8) is 0 Å². The number of fused-ring (bicyclic) bond motifs is 5. The number of aryl methyl sites for hydroxylation is 1. The summed E-state index contributed by atoms with van der Waals surface area (Å²) in [5, 5.41) is 5.20. The first kappa shape index (κ1) is 16.0. The minimum Gasteiger partial charge on any atom is -0.373 e. The molecule has 0 N–H and O–H groups in total. The van der Waals surface area contributed by atoms with Crippen LogP contribution in [0.2, 0.25) is 5.02 Å². The zero-order chi connectivity index (χ0) is 18.0. The van der Waals surface area contributed by atoms with E-state index in [0.29, 0.717) is 17.4 Å². The van der Waals surface area contributed by atoms with Crippen LogP contribution < -0.4 is 4.90 Å². The number of ether oxygens (including phenoxy) is 1. The Bertz CT molecular complexity index is 897. The summed E-state index contributed by atoms with van der Waals surface area (Å²) in [5.41, 5.74) is 1.90. The van der Waals surface area contributed by atoms with Gasteiger partial charge < -0.3 is 4.74 Å². The Labute approximate surface area is 155 Å². The van der Waals surface area contributed by atoms with E-state index in [2.05, 4.69) is 5.10 Å². The first-order chi connectivity index (χ1) is 12.5. The van der Waals surface area contributed by atoms with Crippen LogP contribution in [0, 0.1) is 18.8 Å². The monoisotopic (exact) mass is 371 g/mol. The average molecular weight is 372 g/mol. The molecule has 7 heteroatoms. The number of halogens is 1. The molecule has 0 unspecified atom stereocenters. The summed E-state index contributed by atoms with van der Waals surface area (Å²) in [5.74, 6) is -0.591. The molecule has 134 valence electrons. The van der Waals surface area contributed by atoms with Crippen LogP contribution in [-0.2, 0) is 20.9 Å². The van der Waals surface area contributed by atoms with Crippen LogP contribution in [0.1, 0.15) is 24.1 Å². The van der Waals surface area contributed by atoms with Gasteiger partial charge in [-0.2, -0.15) is 5.10 Å². The lowest BCUT2D eigenvalue weighted by Gasteiger charge is -2.15. The van der Waals surface area contributed by atoms with E-state index in [9.17, 15) is 9.59 Å². The second-order valence-electron chi connectivity index (χ2n) is 7.29. The summed E-state index contributed by atoms with van der Waals surface area (Å²) in [7, 11) is 0. The summed E-state index contributed by atoms with van der Waals surface area (Å²) in [6.07, 6.45) is 1.50. The molecule has 3 saturated heterocycles. The number of imide groups is 1. The van der Waals surface area contributed by atoms with Crippen molar-refractivity contribution in [3.8, 4) is 0 Å². The van der Waals surface area contributed by atoms with E-state index in [1.807, 2.05) is 31.2 Å². The summed E-state index contributed by atoms with van der Waals surface area (Å²) in [6.45, 7) is 2.45. The number of anilines is 1. The number of hydrogen-bond donors (Lipinski definition) is 0. The van der Waals surface area contributed by atoms with Gasteiger partial charge >= 0.3 is 0 Å². The lowest BCUT2D eigenvalue weighted by atomic mass is 9.81. The molecule has 2 aromatic rings. The number of rotatable bonds is 3. The van der Waals surface area contributed by atoms with Crippen molar-refractivity contribution in [2.75, 3.05) is 4.90 Å². The van der Waals surface area contributed by atoms with Gasteiger partial charge in [-0.25, -0.2) is 4.90 Å². The van der Waals surface area contributed by atoms with Gasteiger partial charge in [0.05, 0.1) is 30.6 Å². The molecule has 0 aliphatic carbocycles. The topological polar surface area (TPSA) is 64.4 Å². The fourth-order valence-electron chi connectivity index (χ4n) is 4.51. The van der Waals surface area contributed by atoms with E-state index in [1.165, 1.54) is 4.90 Å². The van der Waals surface area contributed by atoms with Crippen molar-refractivity contribution in [2.45, 2.75) is 38.5 Å². The Hall–Kier alpha value is -2.18. The van der Waals surface area contributed by atoms with Gasteiger partial charge in [0.1, 0.15) is 0 Å². The van der Waals surface area contributed by atoms with Gasteiger partial charge in [0.2, 0.25) is 11.8 Å². The molecule has 3 fully saturated rings. The number of carbonyl (C=O) groups is 2. The first-order valence-electron chi connectivity index (χ1n) is 8.85. The molecule has 1 aromatic carbocycles. The van der Waals surface area contributed by atoms with Crippen molar-refractivity contribution in [2.24, 2.45) is 11.8 Å². The number of amides is 2. The highest BCUT2D eigenvalue weighted by Crippen LogP contribution is 2.49. The van der Waals surface area contributed by atoms with Crippen LogP contribution >= 0.6 is 11.6 Å². The molecule has 3 aliphatic heterocycles. The van der Waals surface area contributed by atoms with Crippen LogP contribution in [0.3, 0.4) is 0 Å². The maximum absolute atomic E-state index is 12.9. The molecule has 4 atom stereocenters. The van der Waals surface area contributed by atoms with Gasteiger partial charge in [-0.3, -0.25) is 14.3 Å². The highest BCUT2D eigenvalue weighted by molar-refractivity contribution is 6.30. The Morgan fingerprint density at radius 1 is 1.15 bits per heavy atom. The lowest BCUT2D eigenvalue weighted by molar-refractivity contribution is -0.124. The molecule has 3 aliphatic rings. The molecular formula is C19H18ClN3O3. The third-order valence-corrected chi connectivity index (χ3v) is 5.94. The van der Waals surface area contributed by atoms with Crippen LogP contribution in [0.5, 0.6) is 0 Å². The Morgan fingerprint density at radius 2 is 1.85 bits per heavy atom. The lowest BCUT2D eigenvalue weighted by Crippen LogP contribution is -2.34. The molecule has 4 heterocycles. The summed E-state index contributed by atoms with van der Waals surface area (Å²) < 4.78 is 7.57. The highest BCUT2D eigenvalue weighted by Gasteiger charge is 2.63. The maximum atomic E-state index is 12.9. The quantitative estimate of drug-likeness (QED) is 0.778. The molecule has 1 aromatic heterocycles. The second-order valence-corrected chi connectivity index (χ2v) is 7.72. The molecule has 5 rings (SSSR count). The number of nitrogens with zero attached hydrogens (tertiary/aromatic N) is 3. The van der Waals surface area contributed by atoms with Crippen LogP contribution in [-0.4, -0.2) is 33.8 Å². The Balaban J connectivity index is 1.44. The SMILES string of the molecule is Cc1cc(N2C(=O)[C@@H]3[C@H](C2=O)[C@H]2CC[C@H]3O2)nn1Cc1cccc(Cl)c1. The molecule has 2 amide bonds. The van der Waals surface area contributed by atoms with Gasteiger partial charge in [0.25, 0.3) is 0 Å². The van der Waals surface area contributed by atoms with Crippen LogP contribution in [0.15, 0.2) is 30.3 Å². The van der Waals surface area contributed by atoms with E-state index >= 15 is 0 Å². The van der Waals surface area contributed by atoms with Gasteiger partial charge in [-0.1, -0.05) is 23.7 Å². The predicted octanol–water partition coefficient (Wildman–Crippen LogP) is 2.56. The number of hydrogen-bond acceptors (Lipinski definition) is 4. The summed E-state index contributed by atoms with van der Waals surface area (Å²) in [6, 6.07) is 9.36. The zero-order valence-electron chi connectivity index (χ0n) is 14.3. The van der Waals surface area contributed by atoms with E-state index < -0.39 is 0 Å². The third kappa shape index (κ3) is 2.25. The smallest absolute Gasteiger partial charge is 0.241 e. The van der Waals surface area contributed by atoms with E-state index in [4.69, 9.17) is 16.3 Å². The first-order valence-corrected chi connectivity index (χ1v) is 9.23. The number of carbonyl (C=O) groups excluding carboxylic acids is 2. The number of aromatic nitrogens is 2. The van der Waals surface area contributed by atoms with Crippen molar-refractivity contribution in [1.82, 2.24) is 9.78 Å². The second kappa shape index (κ2) is 5.66. The zero-order valence-corrected chi connectivity index (χ0v) is 15.0. The molecular weight excluding hydrogens is 354 g/mol. The minimum absolute atomic E-state index is 0.110. The predicted molar refractivity (Wildman–Crippen MR) is 94.9 cm³/mol. The minimum atomic E-state index is -0.334. The summed E-state index contributed by atoms with van der Waals surface area (Å²) in [4.78, 5) is 27.0. The molecule has 0 spiro atoms. The standard InChI is InChI=1S/C19H18ClN3O3/c1-10-7-15(21-22(10)9-11-3-2-4-12(20)8-11)23-18(24)16-13-5-6-14(26-13)17(16)19(23)25/h2-4,7-8,13-14,16-17H,5-6,9H2,1H3/t13-,14-,16-,17+/m1/s1. The summed E-state index contributed by atoms with van der Waals surface area (Å²) >= 11 is 6.05. The largest absolute Gasteiger partial charge is 0.373 e. The molecule has 6 nitrogen and oxygen atoms in total. The van der Waals surface area contributed by atoms with Gasteiger partial charge in [-0.15, -0.1) is 0 Å². The molecule has 0 radical (unpaired) electrons. The average Bonchev–Trinajstić information content (AvgIpc) is 3.33. The van der Waals surface area contributed by atoms with Crippen LogP contribution in [0.25, 0.3) is 0 Å². The fourth-order valence-corrected chi connectivity index (χ4v) is 4.72. The fraction of sp³-hybridized carbons (Fsp3) is 0.421. The Morgan fingerprint density at radius 3 is 2.50 bits per heavy atom. The Kier molecular flexibility index (Phi) is 3.49. The van der Waals surface area contributed by atoms with Gasteiger partial charge in [0.15, 0.2) is 5.82 Å². The molecule has 0 saturated carbocycles. The highest BCUT2D eigenvalue weighted by atomic mass is 35.5. The van der Waals surface area contributed by atoms with Crippen LogP contribution in [0.4, 0.5) is 5.82 Å². The maximum Gasteiger partial charge on any atom is 0.241 e. The van der Waals surface area contributed by atoms with E-state index in [0.717, 1.165) is 24.1 Å². The molecule has 2 bridgehead atoms. The third-order valence-electron chi connectivity index (χ3n) is 5.70. The van der Waals surface area contributed by atoms with Gasteiger partial charge in [0, 0.05) is 16.8 Å². The van der Waals surface area contributed by atoms with Crippen molar-refractivity contribution >= 4 is 29.2 Å². The number of benzene rings is 1. The normalized spacial score (nSPS) is 29.7. The molecule has 26 heavy (non-hydrogen) atoms. The van der Waals surface area contributed by atoms with Crippen molar-refractivity contribution in [3.05, 3.63) is 46.6 Å². The van der Waals surface area contributed by atoms with Crippen molar-refractivity contribution < 1.29 is 14.3 Å².